The number of esters is 2. The third-order valence-corrected chi connectivity index (χ3v) is 8.78. The van der Waals surface area contributed by atoms with E-state index in [1.165, 1.54) is 14.2 Å². The second kappa shape index (κ2) is 11.4. The molecule has 3 aromatic rings. The maximum absolute atomic E-state index is 12.1. The number of allylic oxidation sites excluding steroid dienone is 4. The van der Waals surface area contributed by atoms with Crippen LogP contribution in [0.5, 0.6) is 0 Å². The summed E-state index contributed by atoms with van der Waals surface area (Å²) in [4.78, 5) is 41.5. The highest BCUT2D eigenvalue weighted by molar-refractivity contribution is 5.94. The van der Waals surface area contributed by atoms with E-state index in [2.05, 4.69) is 75.8 Å². The van der Waals surface area contributed by atoms with E-state index in [0.29, 0.717) is 12.8 Å². The van der Waals surface area contributed by atoms with E-state index in [0.717, 1.165) is 89.4 Å². The fourth-order valence-corrected chi connectivity index (χ4v) is 5.67. The molecule has 0 unspecified atom stereocenters. The average molecular weight is 567 g/mol. The van der Waals surface area contributed by atoms with Gasteiger partial charge in [0.15, 0.2) is 0 Å². The maximum atomic E-state index is 12.1. The van der Waals surface area contributed by atoms with Crippen molar-refractivity contribution in [3.8, 4) is 0 Å². The number of H-pyrrole nitrogens is 2. The summed E-state index contributed by atoms with van der Waals surface area (Å²) in [5.41, 5.74) is 15.9. The van der Waals surface area contributed by atoms with Gasteiger partial charge in [0, 0.05) is 34.9 Å². The van der Waals surface area contributed by atoms with Crippen molar-refractivity contribution in [2.75, 3.05) is 14.2 Å². The number of hydrogen-bond donors (Lipinski definition) is 2. The smallest absolute Gasteiger partial charge is 0.305 e. The summed E-state index contributed by atoms with van der Waals surface area (Å²) in [6, 6.07) is 8.32. The van der Waals surface area contributed by atoms with Gasteiger partial charge in [-0.05, 0) is 123 Å². The van der Waals surface area contributed by atoms with Crippen LogP contribution in [0.15, 0.2) is 24.3 Å². The van der Waals surface area contributed by atoms with Crippen LogP contribution in [0.4, 0.5) is 0 Å². The first-order valence-electron chi connectivity index (χ1n) is 14.3. The van der Waals surface area contributed by atoms with Crippen LogP contribution < -0.4 is 0 Å². The molecule has 0 aliphatic carbocycles. The molecule has 5 heterocycles. The maximum Gasteiger partial charge on any atom is 0.305 e. The quantitative estimate of drug-likeness (QED) is 0.310. The Balaban J connectivity index is 1.89. The van der Waals surface area contributed by atoms with Crippen molar-refractivity contribution >= 4 is 56.3 Å². The minimum Gasteiger partial charge on any atom is -0.469 e. The number of ether oxygens (including phenoxy) is 2. The minimum atomic E-state index is -0.256. The van der Waals surface area contributed by atoms with Crippen LogP contribution in [0.3, 0.4) is 0 Å². The molecule has 8 bridgehead atoms. The first kappa shape index (κ1) is 29.0. The third kappa shape index (κ3) is 5.29. The van der Waals surface area contributed by atoms with Gasteiger partial charge in [0.2, 0.25) is 0 Å². The Labute approximate surface area is 245 Å². The van der Waals surface area contributed by atoms with Gasteiger partial charge in [0.25, 0.3) is 0 Å². The van der Waals surface area contributed by atoms with Gasteiger partial charge in [-0.3, -0.25) is 9.59 Å². The first-order valence-corrected chi connectivity index (χ1v) is 14.3. The lowest BCUT2D eigenvalue weighted by atomic mass is 10.0. The van der Waals surface area contributed by atoms with Crippen molar-refractivity contribution in [1.29, 1.82) is 0 Å². The summed E-state index contributed by atoms with van der Waals surface area (Å²) in [6.07, 6.45) is 1.58. The van der Waals surface area contributed by atoms with Gasteiger partial charge in [0.1, 0.15) is 0 Å². The van der Waals surface area contributed by atoms with Crippen LogP contribution in [0.1, 0.15) is 85.6 Å². The Morgan fingerprint density at radius 1 is 0.571 bits per heavy atom. The monoisotopic (exact) mass is 566 g/mol. The zero-order valence-electron chi connectivity index (χ0n) is 25.7. The molecule has 2 aliphatic rings. The van der Waals surface area contributed by atoms with Crippen LogP contribution in [0, 0.1) is 13.8 Å². The fraction of sp³-hybridized carbons (Fsp3) is 0.353. The van der Waals surface area contributed by atoms with E-state index in [-0.39, 0.29) is 24.8 Å². The van der Waals surface area contributed by atoms with Gasteiger partial charge in [-0.2, -0.15) is 0 Å². The van der Waals surface area contributed by atoms with Crippen molar-refractivity contribution in [1.82, 2.24) is 19.9 Å². The molecule has 0 spiro atoms. The molecule has 0 radical (unpaired) electrons. The molecular weight excluding hydrogens is 528 g/mol. The molecule has 5 rings (SSSR count). The second-order valence-electron chi connectivity index (χ2n) is 11.1. The van der Waals surface area contributed by atoms with Crippen LogP contribution in [-0.2, 0) is 31.9 Å². The van der Waals surface area contributed by atoms with E-state index in [1.807, 2.05) is 0 Å². The number of aromatic nitrogens is 4. The van der Waals surface area contributed by atoms with E-state index in [4.69, 9.17) is 19.4 Å². The Bertz CT molecular complexity index is 1720. The number of nitrogens with one attached hydrogen (secondary N) is 2. The van der Waals surface area contributed by atoms with Gasteiger partial charge in [-0.25, -0.2) is 9.97 Å². The van der Waals surface area contributed by atoms with Gasteiger partial charge < -0.3 is 19.4 Å². The average Bonchev–Trinajstić information content (AvgIpc) is 3.61. The summed E-state index contributed by atoms with van der Waals surface area (Å²) >= 11 is 0. The number of nitrogens with zero attached hydrogens (tertiary/aromatic N) is 2. The molecule has 0 fully saturated rings. The molecule has 0 atom stereocenters. The summed E-state index contributed by atoms with van der Waals surface area (Å²) in [5.74, 6) is -0.513. The zero-order valence-corrected chi connectivity index (χ0v) is 25.7. The molecule has 2 N–H and O–H groups in total. The fourth-order valence-electron chi connectivity index (χ4n) is 5.67. The van der Waals surface area contributed by atoms with Crippen molar-refractivity contribution in [2.24, 2.45) is 0 Å². The number of hydrogen-bond acceptors (Lipinski definition) is 6. The van der Waals surface area contributed by atoms with Crippen LogP contribution in [0.25, 0.3) is 44.4 Å². The molecule has 8 heteroatoms. The van der Waals surface area contributed by atoms with E-state index in [9.17, 15) is 9.59 Å². The third-order valence-electron chi connectivity index (χ3n) is 8.78. The molecule has 8 nitrogen and oxygen atoms in total. The molecule has 42 heavy (non-hydrogen) atoms. The van der Waals surface area contributed by atoms with Crippen molar-refractivity contribution in [3.05, 3.63) is 69.3 Å². The molecule has 3 aromatic heterocycles. The number of methoxy groups -OCH3 is 2. The number of aromatic amines is 2. The van der Waals surface area contributed by atoms with Crippen LogP contribution in [-0.4, -0.2) is 46.1 Å². The lowest BCUT2D eigenvalue weighted by molar-refractivity contribution is -0.141. The molecule has 0 saturated heterocycles. The topological polar surface area (TPSA) is 110 Å². The zero-order chi connectivity index (χ0) is 30.3. The highest BCUT2D eigenvalue weighted by Crippen LogP contribution is 2.35. The Morgan fingerprint density at radius 3 is 1.29 bits per heavy atom. The van der Waals surface area contributed by atoms with E-state index >= 15 is 0 Å². The first-order chi connectivity index (χ1) is 20.0. The largest absolute Gasteiger partial charge is 0.469 e. The van der Waals surface area contributed by atoms with Crippen molar-refractivity contribution in [2.45, 2.75) is 67.2 Å². The summed E-state index contributed by atoms with van der Waals surface area (Å²) in [6.45, 7) is 12.5. The van der Waals surface area contributed by atoms with Gasteiger partial charge in [0.05, 0.1) is 37.0 Å². The van der Waals surface area contributed by atoms with E-state index in [1.54, 1.807) is 0 Å². The minimum absolute atomic E-state index is 0.256. The molecule has 218 valence electrons. The standard InChI is InChI=1S/C34H38N4O4/c1-17-19(3)27-14-29-21(5)23(9-11-33(39)41-7)31(37-29)16-32-24(10-12-34(40)42-8)22(6)30(38-32)15-28-20(4)18(2)26(36-28)13-25(17)35-27/h13-16,37-38H,9-12H2,1-8H3. The second-order valence-corrected chi connectivity index (χ2v) is 11.1. The van der Waals surface area contributed by atoms with Gasteiger partial charge >= 0.3 is 11.9 Å². The predicted octanol–water partition coefficient (Wildman–Crippen LogP) is 7.04. The summed E-state index contributed by atoms with van der Waals surface area (Å²) in [7, 11) is 2.82. The Morgan fingerprint density at radius 2 is 0.929 bits per heavy atom. The van der Waals surface area contributed by atoms with Crippen molar-refractivity contribution < 1.29 is 19.1 Å². The van der Waals surface area contributed by atoms with Gasteiger partial charge in [-0.1, -0.05) is 0 Å². The number of rotatable bonds is 6. The Kier molecular flexibility index (Phi) is 7.91. The number of carbonyl (C=O) groups is 2. The number of aryl methyl sites for hydroxylation is 4. The highest BCUT2D eigenvalue weighted by atomic mass is 16.5. The molecular formula is C34H38N4O4. The molecule has 0 amide bonds. The summed E-state index contributed by atoms with van der Waals surface area (Å²) in [5, 5.41) is 0. The number of carbonyl (C=O) groups excluding carboxylic acids is 2. The van der Waals surface area contributed by atoms with Crippen LogP contribution in [0.2, 0.25) is 0 Å². The van der Waals surface area contributed by atoms with Gasteiger partial charge in [-0.15, -0.1) is 0 Å². The van der Waals surface area contributed by atoms with Crippen molar-refractivity contribution in [3.63, 3.8) is 0 Å². The molecule has 2 aliphatic heterocycles. The molecule has 0 aromatic carbocycles. The lowest BCUT2D eigenvalue weighted by Gasteiger charge is -2.02. The van der Waals surface area contributed by atoms with Crippen LogP contribution >= 0.6 is 0 Å². The highest BCUT2D eigenvalue weighted by Gasteiger charge is 2.19. The SMILES string of the molecule is COC(=O)CCc1c(C)c2cc3nc(cc4nc(cc5[nH]c(cc1[nH]2)c(CCC(=O)OC)c5C)C(C)=C4C)C(C)=C3C. The number of fused-ring (bicyclic) bond motifs is 8. The normalized spacial score (nSPS) is 13.1. The summed E-state index contributed by atoms with van der Waals surface area (Å²) < 4.78 is 9.88. The molecule has 0 saturated carbocycles. The Hall–Kier alpha value is -4.46. The van der Waals surface area contributed by atoms with E-state index < -0.39 is 0 Å². The lowest BCUT2D eigenvalue weighted by Crippen LogP contribution is -2.02. The predicted molar refractivity (Wildman–Crippen MR) is 167 cm³/mol.